The van der Waals surface area contributed by atoms with Gasteiger partial charge in [-0.05, 0) is 30.2 Å². The summed E-state index contributed by atoms with van der Waals surface area (Å²) < 4.78 is 39.5. The Morgan fingerprint density at radius 2 is 1.71 bits per heavy atom. The van der Waals surface area contributed by atoms with Crippen LogP contribution in [0.1, 0.15) is 24.1 Å². The minimum absolute atomic E-state index is 0.318. The molecule has 2 rings (SSSR count). The summed E-state index contributed by atoms with van der Waals surface area (Å²) in [5, 5.41) is 4.52. The third-order valence-electron chi connectivity index (χ3n) is 3.54. The fraction of sp³-hybridized carbons (Fsp3) is 0.294. The molecule has 0 saturated heterocycles. The number of benzene rings is 1. The number of carbonyl (C=O) groups is 1. The third kappa shape index (κ3) is 5.26. The number of pyridine rings is 1. The smallest absolute Gasteiger partial charge is 0.332 e. The molecular formula is C17H18F3N3O. The van der Waals surface area contributed by atoms with Gasteiger partial charge < -0.3 is 10.6 Å². The third-order valence-corrected chi connectivity index (χ3v) is 3.54. The second kappa shape index (κ2) is 7.81. The van der Waals surface area contributed by atoms with Crippen LogP contribution in [0.25, 0.3) is 0 Å². The van der Waals surface area contributed by atoms with E-state index >= 15 is 0 Å². The van der Waals surface area contributed by atoms with E-state index in [1.54, 1.807) is 61.8 Å². The summed E-state index contributed by atoms with van der Waals surface area (Å²) in [5.41, 5.74) is 1.26. The number of nitrogens with one attached hydrogen (secondary N) is 2. The van der Waals surface area contributed by atoms with Crippen LogP contribution in [-0.2, 0) is 6.42 Å². The molecule has 0 saturated carbocycles. The van der Waals surface area contributed by atoms with Gasteiger partial charge in [0, 0.05) is 18.8 Å². The first-order valence-corrected chi connectivity index (χ1v) is 7.44. The van der Waals surface area contributed by atoms with Crippen LogP contribution < -0.4 is 10.6 Å². The number of alkyl halides is 3. The van der Waals surface area contributed by atoms with Gasteiger partial charge in [-0.1, -0.05) is 30.3 Å². The van der Waals surface area contributed by atoms with Crippen LogP contribution in [0.2, 0.25) is 0 Å². The lowest BCUT2D eigenvalue weighted by atomic mass is 10.1. The molecule has 1 heterocycles. The fourth-order valence-corrected chi connectivity index (χ4v) is 2.23. The molecule has 0 bridgehead atoms. The standard InChI is InChI=1S/C17H18F3N3O/c1-12(14-7-9-21-10-8-14)22-16(24)23-15(17(18,19)20)11-13-5-3-2-4-6-13/h2-10,12,15H,11H2,1H3,(H2,22,23,24)/t12-,15-/m1/s1. The van der Waals surface area contributed by atoms with Crippen molar-refractivity contribution in [3.05, 3.63) is 66.0 Å². The van der Waals surface area contributed by atoms with E-state index < -0.39 is 24.3 Å². The van der Waals surface area contributed by atoms with Crippen LogP contribution in [0, 0.1) is 0 Å². The maximum atomic E-state index is 13.2. The SMILES string of the molecule is C[C@@H](NC(=O)N[C@H](Cc1ccccc1)C(F)(F)F)c1ccncc1. The number of carbonyl (C=O) groups excluding carboxylic acids is 1. The number of amides is 2. The molecule has 0 fully saturated rings. The number of hydrogen-bond donors (Lipinski definition) is 2. The Labute approximate surface area is 138 Å². The summed E-state index contributed by atoms with van der Waals surface area (Å²) in [6, 6.07) is 8.37. The van der Waals surface area contributed by atoms with Crippen molar-refractivity contribution in [3.63, 3.8) is 0 Å². The first-order valence-electron chi connectivity index (χ1n) is 7.44. The maximum absolute atomic E-state index is 13.2. The van der Waals surface area contributed by atoms with Gasteiger partial charge in [-0.25, -0.2) is 4.79 Å². The van der Waals surface area contributed by atoms with Gasteiger partial charge in [0.05, 0.1) is 6.04 Å². The van der Waals surface area contributed by atoms with Gasteiger partial charge in [-0.3, -0.25) is 4.98 Å². The van der Waals surface area contributed by atoms with Gasteiger partial charge in [0.25, 0.3) is 0 Å². The Hall–Kier alpha value is -2.57. The molecule has 0 aliphatic heterocycles. The van der Waals surface area contributed by atoms with E-state index in [2.05, 4.69) is 10.3 Å². The van der Waals surface area contributed by atoms with Crippen molar-refractivity contribution < 1.29 is 18.0 Å². The molecule has 128 valence electrons. The van der Waals surface area contributed by atoms with Gasteiger partial charge >= 0.3 is 12.2 Å². The molecule has 0 aliphatic carbocycles. The van der Waals surface area contributed by atoms with E-state index in [0.29, 0.717) is 5.56 Å². The highest BCUT2D eigenvalue weighted by Crippen LogP contribution is 2.23. The van der Waals surface area contributed by atoms with Crippen LogP contribution in [0.5, 0.6) is 0 Å². The van der Waals surface area contributed by atoms with E-state index in [1.807, 2.05) is 5.32 Å². The Morgan fingerprint density at radius 3 is 2.29 bits per heavy atom. The molecule has 2 atom stereocenters. The largest absolute Gasteiger partial charge is 0.408 e. The number of aromatic nitrogens is 1. The van der Waals surface area contributed by atoms with Gasteiger partial charge in [0.15, 0.2) is 0 Å². The summed E-state index contributed by atoms with van der Waals surface area (Å²) >= 11 is 0. The van der Waals surface area contributed by atoms with Crippen LogP contribution in [0.3, 0.4) is 0 Å². The molecule has 0 aliphatic rings. The zero-order valence-corrected chi connectivity index (χ0v) is 13.0. The number of hydrogen-bond acceptors (Lipinski definition) is 2. The molecule has 4 nitrogen and oxygen atoms in total. The number of nitrogens with zero attached hydrogens (tertiary/aromatic N) is 1. The lowest BCUT2D eigenvalue weighted by Crippen LogP contribution is -2.50. The fourth-order valence-electron chi connectivity index (χ4n) is 2.23. The second-order valence-electron chi connectivity index (χ2n) is 5.40. The molecule has 1 aromatic carbocycles. The van der Waals surface area contributed by atoms with Crippen molar-refractivity contribution in [1.29, 1.82) is 0 Å². The van der Waals surface area contributed by atoms with Crippen molar-refractivity contribution in [2.75, 3.05) is 0 Å². The summed E-state index contributed by atoms with van der Waals surface area (Å²) in [6.07, 6.45) is -1.74. The Balaban J connectivity index is 2.00. The number of urea groups is 1. The highest BCUT2D eigenvalue weighted by atomic mass is 19.4. The first kappa shape index (κ1) is 17.8. The highest BCUT2D eigenvalue weighted by Gasteiger charge is 2.40. The molecule has 2 amide bonds. The summed E-state index contributed by atoms with van der Waals surface area (Å²) in [6.45, 7) is 1.69. The minimum atomic E-state index is -4.53. The molecule has 2 N–H and O–H groups in total. The Morgan fingerprint density at radius 1 is 1.08 bits per heavy atom. The van der Waals surface area contributed by atoms with Crippen molar-refractivity contribution in [2.24, 2.45) is 0 Å². The molecule has 2 aromatic rings. The molecule has 1 aromatic heterocycles. The van der Waals surface area contributed by atoms with E-state index in [-0.39, 0.29) is 6.42 Å². The van der Waals surface area contributed by atoms with E-state index in [4.69, 9.17) is 0 Å². The zero-order chi connectivity index (χ0) is 17.6. The topological polar surface area (TPSA) is 54.0 Å². The highest BCUT2D eigenvalue weighted by molar-refractivity contribution is 5.74. The van der Waals surface area contributed by atoms with Crippen molar-refractivity contribution in [2.45, 2.75) is 31.6 Å². The average molecular weight is 337 g/mol. The molecule has 24 heavy (non-hydrogen) atoms. The summed E-state index contributed by atoms with van der Waals surface area (Å²) in [5.74, 6) is 0. The van der Waals surface area contributed by atoms with Crippen molar-refractivity contribution >= 4 is 6.03 Å². The molecule has 0 unspecified atom stereocenters. The van der Waals surface area contributed by atoms with Gasteiger partial charge in [-0.2, -0.15) is 13.2 Å². The Bertz CT molecular complexity index is 647. The predicted octanol–water partition coefficient (Wildman–Crippen LogP) is 3.62. The monoisotopic (exact) mass is 337 g/mol. The molecule has 7 heteroatoms. The van der Waals surface area contributed by atoms with Gasteiger partial charge in [0.1, 0.15) is 6.04 Å². The maximum Gasteiger partial charge on any atom is 0.408 e. The van der Waals surface area contributed by atoms with Crippen LogP contribution in [-0.4, -0.2) is 23.2 Å². The molecule has 0 spiro atoms. The van der Waals surface area contributed by atoms with Crippen LogP contribution in [0.15, 0.2) is 54.9 Å². The second-order valence-corrected chi connectivity index (χ2v) is 5.40. The number of rotatable bonds is 5. The molecular weight excluding hydrogens is 319 g/mol. The lowest BCUT2D eigenvalue weighted by molar-refractivity contribution is -0.152. The first-order chi connectivity index (χ1) is 11.4. The Kier molecular flexibility index (Phi) is 5.78. The van der Waals surface area contributed by atoms with Crippen molar-refractivity contribution in [3.8, 4) is 0 Å². The van der Waals surface area contributed by atoms with Crippen molar-refractivity contribution in [1.82, 2.24) is 15.6 Å². The van der Waals surface area contributed by atoms with E-state index in [1.165, 1.54) is 0 Å². The van der Waals surface area contributed by atoms with Crippen LogP contribution in [0.4, 0.5) is 18.0 Å². The predicted molar refractivity (Wildman–Crippen MR) is 84.3 cm³/mol. The lowest BCUT2D eigenvalue weighted by Gasteiger charge is -2.23. The quantitative estimate of drug-likeness (QED) is 0.876. The van der Waals surface area contributed by atoms with E-state index in [0.717, 1.165) is 5.56 Å². The average Bonchev–Trinajstić information content (AvgIpc) is 2.55. The summed E-state index contributed by atoms with van der Waals surface area (Å²) in [7, 11) is 0. The minimum Gasteiger partial charge on any atom is -0.332 e. The van der Waals surface area contributed by atoms with E-state index in [9.17, 15) is 18.0 Å². The normalized spacial score (nSPS) is 13.8. The van der Waals surface area contributed by atoms with Gasteiger partial charge in [0.2, 0.25) is 0 Å². The zero-order valence-electron chi connectivity index (χ0n) is 13.0. The van der Waals surface area contributed by atoms with Gasteiger partial charge in [-0.15, -0.1) is 0 Å². The summed E-state index contributed by atoms with van der Waals surface area (Å²) in [4.78, 5) is 15.8. The molecule has 0 radical (unpaired) electrons. The van der Waals surface area contributed by atoms with Crippen LogP contribution >= 0.6 is 0 Å². The number of halogens is 3.